The molecule has 0 atom stereocenters. The number of ether oxygens (including phenoxy) is 2. The first-order valence-corrected chi connectivity index (χ1v) is 7.75. The van der Waals surface area contributed by atoms with E-state index >= 15 is 0 Å². The number of hydrogen-bond acceptors (Lipinski definition) is 7. The molecule has 0 radical (unpaired) electrons. The Balaban J connectivity index is 1.87. The molecule has 25 heavy (non-hydrogen) atoms. The maximum absolute atomic E-state index is 11.7. The molecule has 3 aromatic rings. The molecule has 130 valence electrons. The number of esters is 1. The van der Waals surface area contributed by atoms with Gasteiger partial charge in [-0.2, -0.15) is 0 Å². The number of hydrogen-bond donors (Lipinski definition) is 0. The van der Waals surface area contributed by atoms with Crippen molar-refractivity contribution in [3.63, 3.8) is 0 Å². The lowest BCUT2D eigenvalue weighted by atomic mass is 10.0. The van der Waals surface area contributed by atoms with Crippen LogP contribution in [0.1, 0.15) is 34.4 Å². The topological polar surface area (TPSA) is 91.8 Å². The van der Waals surface area contributed by atoms with Crippen LogP contribution in [-0.2, 0) is 17.8 Å². The van der Waals surface area contributed by atoms with Crippen LogP contribution in [0.4, 0.5) is 0 Å². The minimum absolute atomic E-state index is 0.0288. The van der Waals surface area contributed by atoms with E-state index in [4.69, 9.17) is 13.6 Å². The summed E-state index contributed by atoms with van der Waals surface area (Å²) in [5.41, 5.74) is 1.83. The van der Waals surface area contributed by atoms with Gasteiger partial charge in [-0.15, -0.1) is 0 Å². The van der Waals surface area contributed by atoms with Gasteiger partial charge in [0.2, 0.25) is 5.89 Å². The highest BCUT2D eigenvalue weighted by Crippen LogP contribution is 2.29. The van der Waals surface area contributed by atoms with Crippen molar-refractivity contribution in [1.29, 1.82) is 0 Å². The van der Waals surface area contributed by atoms with Crippen LogP contribution in [-0.4, -0.2) is 18.1 Å². The highest BCUT2D eigenvalue weighted by atomic mass is 16.5. The van der Waals surface area contributed by atoms with Crippen LogP contribution < -0.4 is 10.4 Å². The normalized spacial score (nSPS) is 10.8. The van der Waals surface area contributed by atoms with Crippen LogP contribution in [0.15, 0.2) is 38.1 Å². The number of oxazole rings is 1. The van der Waals surface area contributed by atoms with E-state index < -0.39 is 5.97 Å². The SMILES string of the molecule is CCc1cc(=O)oc2c(C)c(OCc3nc(C(=O)OC)co3)ccc12. The summed E-state index contributed by atoms with van der Waals surface area (Å²) in [6.07, 6.45) is 1.94. The van der Waals surface area contributed by atoms with Gasteiger partial charge in [-0.1, -0.05) is 6.92 Å². The van der Waals surface area contributed by atoms with Crippen molar-refractivity contribution in [2.24, 2.45) is 0 Å². The van der Waals surface area contributed by atoms with Crippen LogP contribution in [0.5, 0.6) is 5.75 Å². The molecule has 2 aromatic heterocycles. The number of carbonyl (C=O) groups is 1. The highest BCUT2D eigenvalue weighted by Gasteiger charge is 2.14. The third-order valence-electron chi connectivity index (χ3n) is 3.88. The smallest absolute Gasteiger partial charge is 0.360 e. The number of rotatable bonds is 5. The fourth-order valence-corrected chi connectivity index (χ4v) is 2.57. The van der Waals surface area contributed by atoms with E-state index in [0.29, 0.717) is 16.9 Å². The average molecular weight is 343 g/mol. The Bertz CT molecular complexity index is 985. The molecule has 3 rings (SSSR count). The Hall–Kier alpha value is -3.09. The minimum atomic E-state index is -0.578. The summed E-state index contributed by atoms with van der Waals surface area (Å²) in [5.74, 6) is 0.205. The summed E-state index contributed by atoms with van der Waals surface area (Å²) < 4.78 is 20.8. The molecular formula is C18H17NO6. The van der Waals surface area contributed by atoms with Crippen molar-refractivity contribution >= 4 is 16.9 Å². The van der Waals surface area contributed by atoms with Crippen LogP contribution in [0.25, 0.3) is 11.0 Å². The summed E-state index contributed by atoms with van der Waals surface area (Å²) in [4.78, 5) is 27.1. The third-order valence-corrected chi connectivity index (χ3v) is 3.88. The number of methoxy groups -OCH3 is 1. The summed E-state index contributed by atoms with van der Waals surface area (Å²) in [6, 6.07) is 5.17. The number of fused-ring (bicyclic) bond motifs is 1. The lowest BCUT2D eigenvalue weighted by Crippen LogP contribution is -2.04. The van der Waals surface area contributed by atoms with Gasteiger partial charge in [0.05, 0.1) is 7.11 Å². The number of aryl methyl sites for hydroxylation is 2. The third kappa shape index (κ3) is 3.26. The Labute approximate surface area is 143 Å². The molecule has 0 N–H and O–H groups in total. The standard InChI is InChI=1S/C18H17NO6/c1-4-11-7-16(20)25-17-10(2)14(6-5-12(11)17)23-9-15-19-13(8-24-15)18(21)22-3/h5-8H,4,9H2,1-3H3. The fraction of sp³-hybridized carbons (Fsp3) is 0.278. The molecule has 0 aliphatic heterocycles. The zero-order valence-electron chi connectivity index (χ0n) is 14.1. The summed E-state index contributed by atoms with van der Waals surface area (Å²) in [7, 11) is 1.27. The Morgan fingerprint density at radius 3 is 2.84 bits per heavy atom. The largest absolute Gasteiger partial charge is 0.483 e. The second-order valence-corrected chi connectivity index (χ2v) is 5.42. The zero-order valence-corrected chi connectivity index (χ0v) is 14.1. The lowest BCUT2D eigenvalue weighted by molar-refractivity contribution is 0.0594. The predicted molar refractivity (Wildman–Crippen MR) is 88.8 cm³/mol. The maximum atomic E-state index is 11.7. The molecule has 7 heteroatoms. The molecule has 7 nitrogen and oxygen atoms in total. The molecule has 0 unspecified atom stereocenters. The van der Waals surface area contributed by atoms with Gasteiger partial charge in [-0.05, 0) is 31.0 Å². The van der Waals surface area contributed by atoms with Gasteiger partial charge in [0.15, 0.2) is 12.3 Å². The molecule has 1 aromatic carbocycles. The average Bonchev–Trinajstić information content (AvgIpc) is 3.09. The van der Waals surface area contributed by atoms with Gasteiger partial charge in [-0.25, -0.2) is 14.6 Å². The molecule has 2 heterocycles. The van der Waals surface area contributed by atoms with Gasteiger partial charge in [0.1, 0.15) is 17.6 Å². The van der Waals surface area contributed by atoms with Crippen molar-refractivity contribution in [1.82, 2.24) is 4.98 Å². The van der Waals surface area contributed by atoms with E-state index in [0.717, 1.165) is 17.4 Å². The predicted octanol–water partition coefficient (Wildman–Crippen LogP) is 3.02. The number of carbonyl (C=O) groups excluding carboxylic acids is 1. The molecular weight excluding hydrogens is 326 g/mol. The van der Waals surface area contributed by atoms with Gasteiger partial charge < -0.3 is 18.3 Å². The molecule has 0 bridgehead atoms. The highest BCUT2D eigenvalue weighted by molar-refractivity contribution is 5.86. The van der Waals surface area contributed by atoms with Gasteiger partial charge in [0, 0.05) is 17.0 Å². The monoisotopic (exact) mass is 343 g/mol. The summed E-state index contributed by atoms with van der Waals surface area (Å²) in [6.45, 7) is 3.83. The van der Waals surface area contributed by atoms with Gasteiger partial charge in [-0.3, -0.25) is 0 Å². The molecule has 0 amide bonds. The van der Waals surface area contributed by atoms with Crippen molar-refractivity contribution in [3.05, 3.63) is 57.6 Å². The van der Waals surface area contributed by atoms with Crippen molar-refractivity contribution in [2.75, 3.05) is 7.11 Å². The molecule has 0 saturated heterocycles. The fourth-order valence-electron chi connectivity index (χ4n) is 2.57. The maximum Gasteiger partial charge on any atom is 0.360 e. The molecule has 0 aliphatic rings. The van der Waals surface area contributed by atoms with E-state index in [1.807, 2.05) is 19.9 Å². The lowest BCUT2D eigenvalue weighted by Gasteiger charge is -2.10. The van der Waals surface area contributed by atoms with E-state index in [-0.39, 0.29) is 23.8 Å². The van der Waals surface area contributed by atoms with Crippen molar-refractivity contribution in [3.8, 4) is 5.75 Å². The zero-order chi connectivity index (χ0) is 18.0. The van der Waals surface area contributed by atoms with E-state index in [2.05, 4.69) is 9.72 Å². The van der Waals surface area contributed by atoms with Crippen molar-refractivity contribution in [2.45, 2.75) is 26.9 Å². The Morgan fingerprint density at radius 1 is 1.32 bits per heavy atom. The Morgan fingerprint density at radius 2 is 2.12 bits per heavy atom. The van der Waals surface area contributed by atoms with E-state index in [9.17, 15) is 9.59 Å². The molecule has 0 saturated carbocycles. The quantitative estimate of drug-likeness (QED) is 0.519. The summed E-state index contributed by atoms with van der Waals surface area (Å²) >= 11 is 0. The second kappa shape index (κ2) is 6.80. The Kier molecular flexibility index (Phi) is 4.56. The number of nitrogens with zero attached hydrogens (tertiary/aromatic N) is 1. The number of aromatic nitrogens is 1. The van der Waals surface area contributed by atoms with Crippen LogP contribution in [0.3, 0.4) is 0 Å². The van der Waals surface area contributed by atoms with Gasteiger partial charge in [0.25, 0.3) is 0 Å². The summed E-state index contributed by atoms with van der Waals surface area (Å²) in [5, 5.41) is 0.885. The second-order valence-electron chi connectivity index (χ2n) is 5.42. The first kappa shape index (κ1) is 16.8. The first-order chi connectivity index (χ1) is 12.0. The molecule has 0 aliphatic carbocycles. The van der Waals surface area contributed by atoms with E-state index in [1.54, 1.807) is 6.07 Å². The van der Waals surface area contributed by atoms with Crippen LogP contribution in [0, 0.1) is 6.92 Å². The van der Waals surface area contributed by atoms with E-state index in [1.165, 1.54) is 19.4 Å². The minimum Gasteiger partial charge on any atom is -0.483 e. The molecule has 0 fully saturated rings. The van der Waals surface area contributed by atoms with Gasteiger partial charge >= 0.3 is 11.6 Å². The van der Waals surface area contributed by atoms with Crippen LogP contribution >= 0.6 is 0 Å². The first-order valence-electron chi connectivity index (χ1n) is 7.75. The molecule has 0 spiro atoms. The van der Waals surface area contributed by atoms with Crippen LogP contribution in [0.2, 0.25) is 0 Å². The number of benzene rings is 1. The van der Waals surface area contributed by atoms with Crippen molar-refractivity contribution < 1.29 is 23.1 Å².